The SMILES string of the molecule is CCCC(=O)c1ccc(C[C@H]2CCCCC/C=C\[C@H]3C[C@@]3(C(=O)NS(=O)(=O)C3CC3)CC(=O)[C@@H]3C[C@@H](Oc4nc(-c5ccc(C(F)(F)F)cc5)nc5c4oc4ccccc45)CN3C2=O)cc1. The predicted octanol–water partition coefficient (Wildman–Crippen LogP) is 9.35. The van der Waals surface area contributed by atoms with Crippen molar-refractivity contribution in [2.75, 3.05) is 6.54 Å². The molecule has 12 nitrogen and oxygen atoms in total. The summed E-state index contributed by atoms with van der Waals surface area (Å²) in [5.41, 5.74) is 0.581. The van der Waals surface area contributed by atoms with Crippen LogP contribution < -0.4 is 9.46 Å². The zero-order valence-corrected chi connectivity index (χ0v) is 37.3. The minimum atomic E-state index is -4.55. The molecular formula is C50H51F3N4O8S. The van der Waals surface area contributed by atoms with E-state index in [1.165, 1.54) is 17.0 Å². The number of allylic oxidation sites excluding steroid dienone is 2. The van der Waals surface area contributed by atoms with Crippen LogP contribution in [-0.2, 0) is 37.0 Å². The number of para-hydroxylation sites is 1. The lowest BCUT2D eigenvalue weighted by atomic mass is 9.89. The average molecular weight is 925 g/mol. The summed E-state index contributed by atoms with van der Waals surface area (Å²) in [5, 5.41) is -0.0302. The highest BCUT2D eigenvalue weighted by atomic mass is 32.2. The number of rotatable bonds is 11. The van der Waals surface area contributed by atoms with Crippen molar-refractivity contribution in [1.82, 2.24) is 19.6 Å². The molecule has 4 aliphatic rings. The van der Waals surface area contributed by atoms with E-state index in [9.17, 15) is 36.0 Å². The second-order valence-electron chi connectivity index (χ2n) is 18.3. The van der Waals surface area contributed by atoms with Crippen LogP contribution in [0.3, 0.4) is 0 Å². The molecule has 0 unspecified atom stereocenters. The molecule has 2 saturated carbocycles. The van der Waals surface area contributed by atoms with Gasteiger partial charge in [-0.15, -0.1) is 0 Å². The van der Waals surface area contributed by atoms with Crippen molar-refractivity contribution in [3.8, 4) is 17.3 Å². The number of alkyl halides is 3. The fraction of sp³-hybridized carbons (Fsp3) is 0.440. The van der Waals surface area contributed by atoms with Crippen LogP contribution >= 0.6 is 0 Å². The standard InChI is InChI=1S/C50H51F3N4O8S/c1-2-10-40(58)31-17-15-30(16-18-31)25-33-11-6-4-3-5-7-12-35-27-49(35,48(61)56-66(62,63)37-23-24-37)28-41(59)39-26-36(29-57(39)47(33)60)64-46-44-43(38-13-8-9-14-42(38)65-44)54-45(55-46)32-19-21-34(22-20-32)50(51,52)53/h7-9,12-22,33,35-37,39H,2-6,10-11,23-29H2,1H3,(H,56,61)/b12-7-/t33-,35+,36-,39+,49-/m1/s1. The molecule has 0 spiro atoms. The fourth-order valence-electron chi connectivity index (χ4n) is 9.54. The van der Waals surface area contributed by atoms with Gasteiger partial charge in [0.15, 0.2) is 17.4 Å². The molecule has 16 heteroatoms. The summed E-state index contributed by atoms with van der Waals surface area (Å²) < 4.78 is 81.8. The van der Waals surface area contributed by atoms with Crippen molar-refractivity contribution in [1.29, 1.82) is 0 Å². The van der Waals surface area contributed by atoms with Crippen LogP contribution in [0, 0.1) is 17.3 Å². The summed E-state index contributed by atoms with van der Waals surface area (Å²) in [6, 6.07) is 17.8. The fourth-order valence-corrected chi connectivity index (χ4v) is 10.9. The number of carbonyl (C=O) groups excluding carboxylic acids is 4. The van der Waals surface area contributed by atoms with Crippen LogP contribution in [0.2, 0.25) is 0 Å². The zero-order chi connectivity index (χ0) is 46.4. The Morgan fingerprint density at radius 3 is 2.44 bits per heavy atom. The number of halogens is 3. The van der Waals surface area contributed by atoms with Crippen molar-refractivity contribution >= 4 is 55.5 Å². The molecule has 2 amide bonds. The van der Waals surface area contributed by atoms with Gasteiger partial charge in [-0.3, -0.25) is 23.9 Å². The number of aromatic nitrogens is 2. The van der Waals surface area contributed by atoms with E-state index >= 15 is 4.79 Å². The van der Waals surface area contributed by atoms with Crippen LogP contribution in [0.25, 0.3) is 33.5 Å². The number of furan rings is 1. The Bertz CT molecular complexity index is 2820. The molecule has 9 rings (SSSR count). The minimum Gasteiger partial charge on any atom is -0.470 e. The first-order valence-corrected chi connectivity index (χ1v) is 24.4. The van der Waals surface area contributed by atoms with E-state index in [0.717, 1.165) is 49.8 Å². The Morgan fingerprint density at radius 1 is 0.955 bits per heavy atom. The van der Waals surface area contributed by atoms with Crippen molar-refractivity contribution in [3.05, 3.63) is 102 Å². The van der Waals surface area contributed by atoms with Crippen LogP contribution in [0.5, 0.6) is 5.88 Å². The van der Waals surface area contributed by atoms with Crippen molar-refractivity contribution < 1.29 is 49.9 Å². The first kappa shape index (κ1) is 45.3. The number of sulfonamides is 1. The van der Waals surface area contributed by atoms with Gasteiger partial charge in [0.1, 0.15) is 17.2 Å². The molecule has 2 aromatic heterocycles. The normalized spacial score (nSPS) is 24.6. The third kappa shape index (κ3) is 9.38. The lowest BCUT2D eigenvalue weighted by Crippen LogP contribution is -2.46. The molecule has 1 saturated heterocycles. The molecule has 4 heterocycles. The van der Waals surface area contributed by atoms with Crippen LogP contribution in [0.15, 0.2) is 89.4 Å². The van der Waals surface area contributed by atoms with Gasteiger partial charge in [0.2, 0.25) is 27.4 Å². The maximum absolute atomic E-state index is 15.1. The molecule has 346 valence electrons. The molecule has 5 atom stereocenters. The number of ketones is 2. The van der Waals surface area contributed by atoms with Crippen molar-refractivity contribution in [2.24, 2.45) is 17.3 Å². The zero-order valence-electron chi connectivity index (χ0n) is 36.5. The largest absolute Gasteiger partial charge is 0.470 e. The quantitative estimate of drug-likeness (QED) is 0.0997. The monoisotopic (exact) mass is 924 g/mol. The first-order valence-electron chi connectivity index (χ1n) is 22.8. The predicted molar refractivity (Wildman–Crippen MR) is 240 cm³/mol. The number of ether oxygens (including phenoxy) is 1. The summed E-state index contributed by atoms with van der Waals surface area (Å²) in [6.07, 6.45) is 4.55. The molecule has 5 aromatic rings. The van der Waals surface area contributed by atoms with E-state index in [1.54, 1.807) is 36.4 Å². The molecule has 3 aromatic carbocycles. The summed E-state index contributed by atoms with van der Waals surface area (Å²) in [6.45, 7) is 1.90. The summed E-state index contributed by atoms with van der Waals surface area (Å²) >= 11 is 0. The van der Waals surface area contributed by atoms with E-state index in [1.807, 2.05) is 31.2 Å². The number of hydrogen-bond donors (Lipinski definition) is 1. The van der Waals surface area contributed by atoms with Gasteiger partial charge in [-0.2, -0.15) is 18.2 Å². The number of fused-ring (bicyclic) bond motifs is 5. The summed E-state index contributed by atoms with van der Waals surface area (Å²) in [4.78, 5) is 67.5. The first-order chi connectivity index (χ1) is 31.6. The van der Waals surface area contributed by atoms with Crippen molar-refractivity contribution in [2.45, 2.75) is 114 Å². The van der Waals surface area contributed by atoms with Gasteiger partial charge >= 0.3 is 6.18 Å². The molecule has 1 N–H and O–H groups in total. The van der Waals surface area contributed by atoms with Gasteiger partial charge in [-0.1, -0.05) is 80.4 Å². The van der Waals surface area contributed by atoms with E-state index in [2.05, 4.69) is 9.71 Å². The maximum atomic E-state index is 15.1. The van der Waals surface area contributed by atoms with Gasteiger partial charge in [0.25, 0.3) is 5.88 Å². The highest BCUT2D eigenvalue weighted by Gasteiger charge is 2.61. The number of nitrogens with zero attached hydrogens (tertiary/aromatic N) is 3. The summed E-state index contributed by atoms with van der Waals surface area (Å²) in [5.74, 6) is -2.24. The number of amides is 2. The van der Waals surface area contributed by atoms with Crippen LogP contribution in [-0.4, -0.2) is 70.6 Å². The number of hydrogen-bond acceptors (Lipinski definition) is 10. The molecular weight excluding hydrogens is 874 g/mol. The second kappa shape index (κ2) is 18.1. The van der Waals surface area contributed by atoms with Crippen LogP contribution in [0.1, 0.15) is 105 Å². The number of benzene rings is 3. The molecule has 2 aliphatic heterocycles. The van der Waals surface area contributed by atoms with Crippen LogP contribution in [0.4, 0.5) is 13.2 Å². The van der Waals surface area contributed by atoms with Gasteiger partial charge in [-0.25, -0.2) is 13.4 Å². The Balaban J connectivity index is 1.07. The third-order valence-electron chi connectivity index (χ3n) is 13.5. The number of carbonyl (C=O) groups is 4. The lowest BCUT2D eigenvalue weighted by Gasteiger charge is -2.29. The highest BCUT2D eigenvalue weighted by molar-refractivity contribution is 7.90. The van der Waals surface area contributed by atoms with E-state index in [0.29, 0.717) is 54.2 Å². The van der Waals surface area contributed by atoms with Gasteiger partial charge in [-0.05, 0) is 87.1 Å². The molecule has 2 aliphatic carbocycles. The smallest absolute Gasteiger partial charge is 0.416 e. The highest BCUT2D eigenvalue weighted by Crippen LogP contribution is 2.57. The van der Waals surface area contributed by atoms with Crippen molar-refractivity contribution in [3.63, 3.8) is 0 Å². The Kier molecular flexibility index (Phi) is 12.4. The number of nitrogens with one attached hydrogen (secondary N) is 1. The molecule has 66 heavy (non-hydrogen) atoms. The number of Topliss-reactive ketones (excluding diaryl/α,β-unsaturated/α-hetero) is 2. The Hall–Kier alpha value is -5.90. The van der Waals surface area contributed by atoms with E-state index in [-0.39, 0.29) is 66.3 Å². The second-order valence-corrected chi connectivity index (χ2v) is 20.3. The van der Waals surface area contributed by atoms with E-state index in [4.69, 9.17) is 14.1 Å². The Labute approximate surface area is 380 Å². The molecule has 0 radical (unpaired) electrons. The minimum absolute atomic E-state index is 0.00540. The third-order valence-corrected chi connectivity index (χ3v) is 15.3. The maximum Gasteiger partial charge on any atom is 0.416 e. The molecule has 3 fully saturated rings. The Morgan fingerprint density at radius 2 is 1.71 bits per heavy atom. The lowest BCUT2D eigenvalue weighted by molar-refractivity contribution is -0.142. The van der Waals surface area contributed by atoms with Gasteiger partial charge < -0.3 is 14.1 Å². The average Bonchev–Trinajstić information content (AvgIpc) is 4.20. The van der Waals surface area contributed by atoms with Gasteiger partial charge in [0.05, 0.1) is 28.8 Å². The molecule has 0 bridgehead atoms. The summed E-state index contributed by atoms with van der Waals surface area (Å²) in [7, 11) is -3.92. The van der Waals surface area contributed by atoms with Gasteiger partial charge in [0, 0.05) is 41.7 Å². The topological polar surface area (TPSA) is 166 Å². The van der Waals surface area contributed by atoms with E-state index < -0.39 is 62.2 Å².